The fraction of sp³-hybridized carbons (Fsp3) is 0.300. The Bertz CT molecular complexity index is 2130. The van der Waals surface area contributed by atoms with Gasteiger partial charge in [-0.05, 0) is 65.3 Å². The van der Waals surface area contributed by atoms with Crippen LogP contribution < -0.4 is 0 Å². The number of ether oxygens (including phenoxy) is 1. The van der Waals surface area contributed by atoms with Crippen LogP contribution in [0, 0.1) is 16.0 Å². The van der Waals surface area contributed by atoms with Crippen molar-refractivity contribution in [1.29, 1.82) is 0 Å². The zero-order valence-electron chi connectivity index (χ0n) is 29.5. The van der Waals surface area contributed by atoms with Crippen LogP contribution in [0.25, 0.3) is 33.5 Å². The number of H-pyrrole nitrogens is 1. The number of hydrogen-bond donors (Lipinski definition) is 1. The quantitative estimate of drug-likeness (QED) is 0.0297. The largest absolute Gasteiger partial charge is 0.465 e. The molecule has 0 spiro atoms. The van der Waals surface area contributed by atoms with Crippen LogP contribution in [0.4, 0.5) is 0 Å². The Kier molecular flexibility index (Phi) is 12.3. The van der Waals surface area contributed by atoms with Crippen LogP contribution >= 0.6 is 0 Å². The Morgan fingerprint density at radius 1 is 0.868 bits per heavy atom. The van der Waals surface area contributed by atoms with Gasteiger partial charge in [0.05, 0.1) is 30.2 Å². The summed E-state index contributed by atoms with van der Waals surface area (Å²) in [4.78, 5) is 47.4. The number of ketones is 1. The molecular weight excluding hydrogens is 674 g/mol. The fourth-order valence-electron chi connectivity index (χ4n) is 6.44. The number of aromatic nitrogens is 6. The molecule has 0 fully saturated rings. The molecule has 0 aliphatic carbocycles. The van der Waals surface area contributed by atoms with E-state index in [4.69, 9.17) is 9.72 Å². The van der Waals surface area contributed by atoms with Crippen molar-refractivity contribution < 1.29 is 24.3 Å². The second-order valence-corrected chi connectivity index (χ2v) is 12.8. The number of aryl methyl sites for hydroxylation is 1. The molecule has 1 atom stereocenters. The molecule has 53 heavy (non-hydrogen) atoms. The predicted molar refractivity (Wildman–Crippen MR) is 198 cm³/mol. The van der Waals surface area contributed by atoms with Crippen LogP contribution in [-0.2, 0) is 33.8 Å². The molecule has 0 saturated heterocycles. The van der Waals surface area contributed by atoms with E-state index < -0.39 is 17.0 Å². The van der Waals surface area contributed by atoms with E-state index in [1.165, 1.54) is 0 Å². The number of esters is 1. The first kappa shape index (κ1) is 36.5. The number of nitrogens with one attached hydrogen (secondary N) is 1. The summed E-state index contributed by atoms with van der Waals surface area (Å²) in [6.07, 6.45) is 3.73. The van der Waals surface area contributed by atoms with Gasteiger partial charge in [-0.25, -0.2) is 4.98 Å². The highest BCUT2D eigenvalue weighted by Crippen LogP contribution is 2.31. The molecule has 0 bridgehead atoms. The van der Waals surface area contributed by atoms with Gasteiger partial charge in [-0.15, -0.1) is 20.3 Å². The van der Waals surface area contributed by atoms with Gasteiger partial charge in [0.25, 0.3) is 5.09 Å². The number of imidazole rings is 1. The van der Waals surface area contributed by atoms with Gasteiger partial charge in [0.15, 0.2) is 5.78 Å². The van der Waals surface area contributed by atoms with Crippen LogP contribution in [0.5, 0.6) is 0 Å². The number of Topliss-reactive ketones (excluding diaryl/α,β-unsaturated/α-hetero) is 1. The van der Waals surface area contributed by atoms with Crippen molar-refractivity contribution in [3.63, 3.8) is 0 Å². The van der Waals surface area contributed by atoms with Crippen molar-refractivity contribution in [2.75, 3.05) is 13.2 Å². The standard InChI is InChI=1S/C40H41N7O6/c1-2-3-18-37-41-35-17-11-16-34(36(48)26-31(25-28-12-5-4-6-13-28)40(49)52-23-9-10-24-53-47(50)51)38(35)46(37)27-29-19-21-30(22-20-29)32-14-7-8-15-33(32)39-42-44-45-43-39/h4-8,11-17,19-22,31H,2-3,9-10,18,23-27H2,1H3,(H,42,43,44,45). The van der Waals surface area contributed by atoms with Crippen LogP contribution in [-0.4, -0.2) is 60.2 Å². The molecule has 0 saturated carbocycles. The van der Waals surface area contributed by atoms with Crippen LogP contribution in [0.2, 0.25) is 0 Å². The molecule has 272 valence electrons. The number of para-hydroxylation sites is 1. The number of aromatic amines is 1. The van der Waals surface area contributed by atoms with Crippen molar-refractivity contribution in [3.05, 3.63) is 130 Å². The molecule has 2 aromatic heterocycles. The molecule has 4 aromatic carbocycles. The second-order valence-electron chi connectivity index (χ2n) is 12.8. The lowest BCUT2D eigenvalue weighted by Crippen LogP contribution is -2.24. The molecule has 0 amide bonds. The van der Waals surface area contributed by atoms with E-state index in [9.17, 15) is 19.7 Å². The lowest BCUT2D eigenvalue weighted by atomic mass is 9.91. The number of nitrogens with zero attached hydrogens (tertiary/aromatic N) is 6. The van der Waals surface area contributed by atoms with Crippen molar-refractivity contribution in [3.8, 4) is 22.5 Å². The Morgan fingerprint density at radius 2 is 1.62 bits per heavy atom. The van der Waals surface area contributed by atoms with E-state index in [1.807, 2.05) is 72.8 Å². The number of unbranched alkanes of at least 4 members (excludes halogenated alkanes) is 2. The summed E-state index contributed by atoms with van der Waals surface area (Å²) in [5.74, 6) is 0.0306. The molecule has 13 nitrogen and oxygen atoms in total. The van der Waals surface area contributed by atoms with Gasteiger partial charge >= 0.3 is 5.97 Å². The smallest absolute Gasteiger partial charge is 0.309 e. The number of tetrazole rings is 1. The maximum atomic E-state index is 14.3. The molecular formula is C40H41N7O6. The number of hydrogen-bond acceptors (Lipinski definition) is 10. The average molecular weight is 716 g/mol. The summed E-state index contributed by atoms with van der Waals surface area (Å²) in [6, 6.07) is 31.3. The summed E-state index contributed by atoms with van der Waals surface area (Å²) >= 11 is 0. The van der Waals surface area contributed by atoms with Crippen molar-refractivity contribution >= 4 is 22.8 Å². The van der Waals surface area contributed by atoms with Gasteiger partial charge in [0.2, 0.25) is 5.82 Å². The third-order valence-electron chi connectivity index (χ3n) is 9.09. The number of carbonyl (C=O) groups is 2. The zero-order chi connectivity index (χ0) is 37.0. The molecule has 6 rings (SSSR count). The second kappa shape index (κ2) is 17.8. The molecule has 13 heteroatoms. The summed E-state index contributed by atoms with van der Waals surface area (Å²) < 4.78 is 7.72. The number of fused-ring (bicyclic) bond motifs is 1. The van der Waals surface area contributed by atoms with Gasteiger partial charge in [0.1, 0.15) is 5.82 Å². The molecule has 0 radical (unpaired) electrons. The number of rotatable bonds is 19. The molecule has 0 aliphatic rings. The van der Waals surface area contributed by atoms with Gasteiger partial charge in [0, 0.05) is 30.5 Å². The van der Waals surface area contributed by atoms with Crippen molar-refractivity contribution in [1.82, 2.24) is 30.2 Å². The fourth-order valence-corrected chi connectivity index (χ4v) is 6.44. The first-order valence-electron chi connectivity index (χ1n) is 17.8. The summed E-state index contributed by atoms with van der Waals surface area (Å²) in [6.45, 7) is 2.64. The van der Waals surface area contributed by atoms with Crippen molar-refractivity contribution in [2.24, 2.45) is 5.92 Å². The first-order chi connectivity index (χ1) is 25.9. The van der Waals surface area contributed by atoms with E-state index in [0.29, 0.717) is 37.2 Å². The average Bonchev–Trinajstić information content (AvgIpc) is 3.84. The van der Waals surface area contributed by atoms with Crippen LogP contribution in [0.15, 0.2) is 97.1 Å². The van der Waals surface area contributed by atoms with Gasteiger partial charge in [-0.2, -0.15) is 5.21 Å². The number of benzene rings is 4. The Balaban J connectivity index is 1.26. The van der Waals surface area contributed by atoms with E-state index in [-0.39, 0.29) is 25.4 Å². The lowest BCUT2D eigenvalue weighted by molar-refractivity contribution is -0.757. The van der Waals surface area contributed by atoms with E-state index in [0.717, 1.165) is 63.9 Å². The highest BCUT2D eigenvalue weighted by atomic mass is 16.9. The maximum Gasteiger partial charge on any atom is 0.309 e. The van der Waals surface area contributed by atoms with E-state index >= 15 is 0 Å². The van der Waals surface area contributed by atoms with Crippen LogP contribution in [0.1, 0.15) is 66.3 Å². The predicted octanol–water partition coefficient (Wildman–Crippen LogP) is 7.24. The zero-order valence-corrected chi connectivity index (χ0v) is 29.5. The molecule has 1 unspecified atom stereocenters. The van der Waals surface area contributed by atoms with E-state index in [1.54, 1.807) is 0 Å². The minimum atomic E-state index is -0.844. The number of carbonyl (C=O) groups excluding carboxylic acids is 2. The minimum absolute atomic E-state index is 0.0543. The Hall–Kier alpha value is -6.24. The summed E-state index contributed by atoms with van der Waals surface area (Å²) in [5.41, 5.74) is 6.79. The first-order valence-corrected chi connectivity index (χ1v) is 17.8. The molecule has 0 aliphatic heterocycles. The van der Waals surface area contributed by atoms with Crippen LogP contribution in [0.3, 0.4) is 0 Å². The molecule has 1 N–H and O–H groups in total. The van der Waals surface area contributed by atoms with Gasteiger partial charge in [-0.3, -0.25) is 9.59 Å². The minimum Gasteiger partial charge on any atom is -0.465 e. The van der Waals surface area contributed by atoms with Gasteiger partial charge in [-0.1, -0.05) is 98.3 Å². The highest BCUT2D eigenvalue weighted by Gasteiger charge is 2.27. The Labute approximate surface area is 306 Å². The maximum absolute atomic E-state index is 14.3. The molecule has 2 heterocycles. The normalized spacial score (nSPS) is 11.7. The third kappa shape index (κ3) is 9.36. The van der Waals surface area contributed by atoms with E-state index in [2.05, 4.69) is 61.2 Å². The monoisotopic (exact) mass is 715 g/mol. The lowest BCUT2D eigenvalue weighted by Gasteiger charge is -2.17. The Morgan fingerprint density at radius 3 is 2.36 bits per heavy atom. The highest BCUT2D eigenvalue weighted by molar-refractivity contribution is 6.07. The SMILES string of the molecule is CCCCc1nc2cccc(C(=O)CC(Cc3ccccc3)C(=O)OCCCCO[N+](=O)[O-])c2n1Cc1ccc(-c2ccccc2-c2nn[nH]n2)cc1. The van der Waals surface area contributed by atoms with Crippen molar-refractivity contribution in [2.45, 2.75) is 58.4 Å². The topological polar surface area (TPSA) is 168 Å². The van der Waals surface area contributed by atoms with Gasteiger partial charge < -0.3 is 14.1 Å². The summed E-state index contributed by atoms with van der Waals surface area (Å²) in [7, 11) is 0. The third-order valence-corrected chi connectivity index (χ3v) is 9.09. The molecule has 6 aromatic rings. The summed E-state index contributed by atoms with van der Waals surface area (Å²) in [5, 5.41) is 24.2.